The van der Waals surface area contributed by atoms with Crippen molar-refractivity contribution in [2.24, 2.45) is 16.7 Å². The minimum Gasteiger partial charge on any atom is -0.512 e. The van der Waals surface area contributed by atoms with Gasteiger partial charge in [-0.15, -0.1) is 11.8 Å². The maximum atomic E-state index is 10.2. The Kier molecular flexibility index (Phi) is 3.21. The smallest absolute Gasteiger partial charge is 0.100 e. The molecule has 0 fully saturated rings. The zero-order valence-corrected chi connectivity index (χ0v) is 13.1. The van der Waals surface area contributed by atoms with E-state index in [9.17, 15) is 5.11 Å². The van der Waals surface area contributed by atoms with E-state index in [-0.39, 0.29) is 16.7 Å². The molecule has 0 bridgehead atoms. The van der Waals surface area contributed by atoms with Crippen LogP contribution in [0.5, 0.6) is 0 Å². The normalized spacial score (nSPS) is 28.4. The van der Waals surface area contributed by atoms with Crippen molar-refractivity contribution in [3.05, 3.63) is 34.5 Å². The van der Waals surface area contributed by atoms with Gasteiger partial charge in [-0.3, -0.25) is 0 Å². The summed E-state index contributed by atoms with van der Waals surface area (Å²) >= 11 is 1.94. The van der Waals surface area contributed by atoms with Crippen LogP contribution >= 0.6 is 11.8 Å². The van der Waals surface area contributed by atoms with E-state index in [1.807, 2.05) is 17.8 Å². The highest BCUT2D eigenvalue weighted by atomic mass is 32.2. The van der Waals surface area contributed by atoms with E-state index in [1.54, 1.807) is 0 Å². The van der Waals surface area contributed by atoms with E-state index >= 15 is 0 Å². The number of aliphatic hydroxyl groups excluding tert-OH is 1. The molecule has 1 heterocycles. The fourth-order valence-electron chi connectivity index (χ4n) is 2.35. The van der Waals surface area contributed by atoms with Crippen LogP contribution in [0.15, 0.2) is 34.5 Å². The Hall–Kier alpha value is -0.630. The predicted octanol–water partition coefficient (Wildman–Crippen LogP) is 5.08. The topological polar surface area (TPSA) is 20.2 Å². The van der Waals surface area contributed by atoms with E-state index in [2.05, 4.69) is 53.7 Å². The maximum absolute atomic E-state index is 10.2. The number of rotatable bonds is 0. The van der Waals surface area contributed by atoms with Crippen molar-refractivity contribution < 1.29 is 5.11 Å². The number of allylic oxidation sites excluding steroid dienone is 3. The summed E-state index contributed by atoms with van der Waals surface area (Å²) in [6.07, 6.45) is 6.51. The highest BCUT2D eigenvalue weighted by Crippen LogP contribution is 2.49. The monoisotopic (exact) mass is 264 g/mol. The second-order valence-electron chi connectivity index (χ2n) is 7.47. The second-order valence-corrected chi connectivity index (χ2v) is 8.65. The van der Waals surface area contributed by atoms with E-state index in [0.29, 0.717) is 11.0 Å². The summed E-state index contributed by atoms with van der Waals surface area (Å²) in [4.78, 5) is 1.34. The molecule has 0 radical (unpaired) electrons. The predicted molar refractivity (Wildman–Crippen MR) is 80.7 cm³/mol. The summed E-state index contributed by atoms with van der Waals surface area (Å²) in [5, 5.41) is 10.7. The zero-order valence-electron chi connectivity index (χ0n) is 12.2. The fourth-order valence-corrected chi connectivity index (χ4v) is 3.66. The highest BCUT2D eigenvalue weighted by Gasteiger charge is 2.36. The Bertz CT molecular complexity index is 441. The van der Waals surface area contributed by atoms with Crippen molar-refractivity contribution in [1.82, 2.24) is 0 Å². The number of fused-ring (bicyclic) bond motifs is 1. The van der Waals surface area contributed by atoms with E-state index in [4.69, 9.17) is 0 Å². The standard InChI is InChI=1S/C16H24OS/c1-15(2,3)11-9-13-10(7-12(11)17)8-14(18-13)16(4,5)6/h7-9,11,14,17H,1-6H3. The molecule has 0 aromatic carbocycles. The van der Waals surface area contributed by atoms with Crippen molar-refractivity contribution in [3.8, 4) is 0 Å². The van der Waals surface area contributed by atoms with Gasteiger partial charge in [0, 0.05) is 16.1 Å². The second kappa shape index (κ2) is 4.19. The number of hydrogen-bond donors (Lipinski definition) is 1. The minimum atomic E-state index is 0.0689. The van der Waals surface area contributed by atoms with Crippen LogP contribution < -0.4 is 0 Å². The summed E-state index contributed by atoms with van der Waals surface area (Å²) in [5.41, 5.74) is 1.54. The first-order valence-corrected chi connectivity index (χ1v) is 7.48. The van der Waals surface area contributed by atoms with Gasteiger partial charge in [0.25, 0.3) is 0 Å². The van der Waals surface area contributed by atoms with E-state index < -0.39 is 0 Å². The molecule has 2 aliphatic rings. The molecule has 2 heteroatoms. The van der Waals surface area contributed by atoms with Crippen molar-refractivity contribution in [1.29, 1.82) is 0 Å². The lowest BCUT2D eigenvalue weighted by Crippen LogP contribution is -2.22. The Morgan fingerprint density at radius 1 is 1.00 bits per heavy atom. The first-order valence-electron chi connectivity index (χ1n) is 6.60. The van der Waals surface area contributed by atoms with Crippen molar-refractivity contribution in [3.63, 3.8) is 0 Å². The van der Waals surface area contributed by atoms with Crippen LogP contribution in [0.1, 0.15) is 41.5 Å². The molecule has 100 valence electrons. The Morgan fingerprint density at radius 2 is 1.61 bits per heavy atom. The van der Waals surface area contributed by atoms with Gasteiger partial charge in [0.05, 0.1) is 0 Å². The molecule has 1 nitrogen and oxygen atoms in total. The summed E-state index contributed by atoms with van der Waals surface area (Å²) in [6.45, 7) is 13.3. The molecule has 1 aliphatic heterocycles. The van der Waals surface area contributed by atoms with Crippen molar-refractivity contribution in [2.45, 2.75) is 46.8 Å². The molecule has 2 rings (SSSR count). The van der Waals surface area contributed by atoms with Crippen LogP contribution in [0, 0.1) is 16.7 Å². The quantitative estimate of drug-likeness (QED) is 0.658. The summed E-state index contributed by atoms with van der Waals surface area (Å²) in [7, 11) is 0. The molecule has 0 saturated heterocycles. The van der Waals surface area contributed by atoms with Crippen molar-refractivity contribution >= 4 is 11.8 Å². The van der Waals surface area contributed by atoms with Gasteiger partial charge in [0.2, 0.25) is 0 Å². The zero-order chi connectivity index (χ0) is 13.7. The molecule has 0 aromatic heterocycles. The molecule has 0 spiro atoms. The van der Waals surface area contributed by atoms with Crippen LogP contribution in [0.4, 0.5) is 0 Å². The lowest BCUT2D eigenvalue weighted by atomic mass is 9.77. The largest absolute Gasteiger partial charge is 0.512 e. The van der Waals surface area contributed by atoms with Crippen LogP contribution in [-0.4, -0.2) is 10.4 Å². The Balaban J connectivity index is 2.32. The van der Waals surface area contributed by atoms with E-state index in [1.165, 1.54) is 10.5 Å². The third-order valence-electron chi connectivity index (χ3n) is 3.60. The first kappa shape index (κ1) is 13.8. The fraction of sp³-hybridized carbons (Fsp3) is 0.625. The molecule has 1 aliphatic carbocycles. The van der Waals surface area contributed by atoms with E-state index in [0.717, 1.165) is 0 Å². The van der Waals surface area contributed by atoms with Crippen LogP contribution in [0.3, 0.4) is 0 Å². The molecular formula is C16H24OS. The first-order chi connectivity index (χ1) is 8.09. The van der Waals surface area contributed by atoms with Gasteiger partial charge in [-0.1, -0.05) is 53.7 Å². The minimum absolute atomic E-state index is 0.0689. The third kappa shape index (κ3) is 2.54. The number of aliphatic hydroxyl groups is 1. The van der Waals surface area contributed by atoms with Crippen LogP contribution in [-0.2, 0) is 0 Å². The summed E-state index contributed by atoms with van der Waals surface area (Å²) in [5.74, 6) is 0.642. The van der Waals surface area contributed by atoms with Gasteiger partial charge in [0.15, 0.2) is 0 Å². The van der Waals surface area contributed by atoms with Gasteiger partial charge in [0.1, 0.15) is 5.76 Å². The maximum Gasteiger partial charge on any atom is 0.100 e. The SMILES string of the molecule is CC(C)(C)C1C=C2C=C(O)C(C(C)(C)C)C=C2S1. The van der Waals surface area contributed by atoms with Gasteiger partial charge in [-0.2, -0.15) is 0 Å². The van der Waals surface area contributed by atoms with Gasteiger partial charge in [-0.05, 0) is 22.5 Å². The Labute approximate surface area is 115 Å². The highest BCUT2D eigenvalue weighted by molar-refractivity contribution is 8.04. The number of hydrogen-bond acceptors (Lipinski definition) is 2. The summed E-state index contributed by atoms with van der Waals surface area (Å²) in [6, 6.07) is 0. The van der Waals surface area contributed by atoms with Crippen molar-refractivity contribution in [2.75, 3.05) is 0 Å². The molecule has 18 heavy (non-hydrogen) atoms. The van der Waals surface area contributed by atoms with Gasteiger partial charge >= 0.3 is 0 Å². The number of thioether (sulfide) groups is 1. The lowest BCUT2D eigenvalue weighted by molar-refractivity contribution is 0.239. The molecule has 2 atom stereocenters. The van der Waals surface area contributed by atoms with Crippen LogP contribution in [0.25, 0.3) is 0 Å². The molecular weight excluding hydrogens is 240 g/mol. The van der Waals surface area contributed by atoms with Gasteiger partial charge < -0.3 is 5.11 Å². The Morgan fingerprint density at radius 3 is 2.11 bits per heavy atom. The third-order valence-corrected chi connectivity index (χ3v) is 5.32. The lowest BCUT2D eigenvalue weighted by Gasteiger charge is -2.30. The van der Waals surface area contributed by atoms with Gasteiger partial charge in [-0.25, -0.2) is 0 Å². The molecule has 1 N–H and O–H groups in total. The molecule has 0 amide bonds. The average Bonchev–Trinajstić information content (AvgIpc) is 2.56. The molecule has 2 unspecified atom stereocenters. The molecule has 0 saturated carbocycles. The van der Waals surface area contributed by atoms with Crippen LogP contribution in [0.2, 0.25) is 0 Å². The summed E-state index contributed by atoms with van der Waals surface area (Å²) < 4.78 is 0. The molecule has 0 aromatic rings. The average molecular weight is 264 g/mol.